The largest absolute Gasteiger partial charge is 0.340 e. The van der Waals surface area contributed by atoms with E-state index >= 15 is 0 Å². The van der Waals surface area contributed by atoms with Crippen LogP contribution in [0.5, 0.6) is 0 Å². The molecule has 0 aromatic heterocycles. The van der Waals surface area contributed by atoms with E-state index in [9.17, 15) is 10.1 Å². The van der Waals surface area contributed by atoms with Crippen molar-refractivity contribution >= 4 is 17.7 Å². The highest BCUT2D eigenvalue weighted by molar-refractivity contribution is 8.00. The summed E-state index contributed by atoms with van der Waals surface area (Å²) in [5.74, 6) is 1.07. The molecule has 6 nitrogen and oxygen atoms in total. The molecule has 3 N–H and O–H groups in total. The number of nitriles is 1. The maximum Gasteiger partial charge on any atom is 0.239 e. The monoisotopic (exact) mass is 401 g/mol. The van der Waals surface area contributed by atoms with Gasteiger partial charge in [-0.1, -0.05) is 12.8 Å². The molecule has 3 saturated heterocycles. The van der Waals surface area contributed by atoms with Crippen LogP contribution in [0, 0.1) is 22.7 Å². The summed E-state index contributed by atoms with van der Waals surface area (Å²) in [5.41, 5.74) is 0.486. The van der Waals surface area contributed by atoms with E-state index in [2.05, 4.69) is 26.9 Å². The van der Waals surface area contributed by atoms with Crippen molar-refractivity contribution < 1.29 is 4.79 Å². The summed E-state index contributed by atoms with van der Waals surface area (Å²) < 4.78 is 0. The maximum absolute atomic E-state index is 13.2. The second-order valence-electron chi connectivity index (χ2n) is 10.4. The molecule has 28 heavy (non-hydrogen) atoms. The van der Waals surface area contributed by atoms with E-state index in [-0.39, 0.29) is 22.5 Å². The molecule has 0 radical (unpaired) electrons. The van der Waals surface area contributed by atoms with Gasteiger partial charge in [-0.2, -0.15) is 5.26 Å². The SMILES string of the molecule is N#CC12CC(NC3NC4CCN(C(=O)C5CC6CCCCC6N5)CC4S3)(C1)C2. The quantitative estimate of drug-likeness (QED) is 0.666. The topological polar surface area (TPSA) is 80.2 Å². The standard InChI is InChI=1S/C21H31N5OS/c22-12-20-9-21(10-20,11-20)25-19-24-15-5-6-26(8-17(15)28-19)18(27)16-7-13-3-1-2-4-14(13)23-16/h13-17,19,23-25H,1-11H2. The van der Waals surface area contributed by atoms with Gasteiger partial charge in [0, 0.05) is 36.0 Å². The van der Waals surface area contributed by atoms with Gasteiger partial charge in [0.1, 0.15) is 5.50 Å². The lowest BCUT2D eigenvalue weighted by molar-refractivity contribution is -0.134. The van der Waals surface area contributed by atoms with Gasteiger partial charge in [-0.3, -0.25) is 15.4 Å². The summed E-state index contributed by atoms with van der Waals surface area (Å²) in [4.78, 5) is 15.3. The van der Waals surface area contributed by atoms with Crippen molar-refractivity contribution in [3.8, 4) is 6.07 Å². The third-order valence-electron chi connectivity index (χ3n) is 8.41. The zero-order valence-electron chi connectivity index (χ0n) is 16.5. The van der Waals surface area contributed by atoms with Gasteiger partial charge in [-0.15, -0.1) is 11.8 Å². The molecule has 0 spiro atoms. The highest BCUT2D eigenvalue weighted by atomic mass is 32.2. The third-order valence-corrected chi connectivity index (χ3v) is 9.77. The molecule has 6 atom stereocenters. The van der Waals surface area contributed by atoms with Gasteiger partial charge < -0.3 is 10.2 Å². The van der Waals surface area contributed by atoms with Gasteiger partial charge in [-0.05, 0) is 50.9 Å². The molecule has 0 aromatic carbocycles. The number of rotatable bonds is 3. The van der Waals surface area contributed by atoms with E-state index in [0.717, 1.165) is 51.1 Å². The van der Waals surface area contributed by atoms with Crippen molar-refractivity contribution in [3.63, 3.8) is 0 Å². The summed E-state index contributed by atoms with van der Waals surface area (Å²) >= 11 is 1.97. The molecule has 7 rings (SSSR count). The molecule has 6 unspecified atom stereocenters. The van der Waals surface area contributed by atoms with Crippen molar-refractivity contribution in [2.75, 3.05) is 13.1 Å². The first-order chi connectivity index (χ1) is 13.6. The van der Waals surface area contributed by atoms with E-state index in [1.165, 1.54) is 25.7 Å². The molecule has 0 aromatic rings. The van der Waals surface area contributed by atoms with Crippen LogP contribution in [-0.2, 0) is 4.79 Å². The van der Waals surface area contributed by atoms with Crippen molar-refractivity contribution in [1.29, 1.82) is 5.26 Å². The fraction of sp³-hybridized carbons (Fsp3) is 0.905. The van der Waals surface area contributed by atoms with Crippen LogP contribution in [0.4, 0.5) is 0 Å². The van der Waals surface area contributed by atoms with Gasteiger partial charge in [0.25, 0.3) is 0 Å². The van der Waals surface area contributed by atoms with Gasteiger partial charge in [-0.25, -0.2) is 0 Å². The van der Waals surface area contributed by atoms with Crippen LogP contribution in [-0.4, -0.2) is 58.3 Å². The molecule has 3 aliphatic heterocycles. The molecule has 1 amide bonds. The maximum atomic E-state index is 13.2. The number of likely N-dealkylation sites (tertiary alicyclic amines) is 1. The Hall–Kier alpha value is -0.810. The predicted octanol–water partition coefficient (Wildman–Crippen LogP) is 1.53. The van der Waals surface area contributed by atoms with Crippen LogP contribution in [0.15, 0.2) is 0 Å². The summed E-state index contributed by atoms with van der Waals surface area (Å²) in [6, 6.07) is 3.63. The smallest absolute Gasteiger partial charge is 0.239 e. The van der Waals surface area contributed by atoms with Gasteiger partial charge in [0.15, 0.2) is 0 Å². The molecule has 3 heterocycles. The fourth-order valence-electron chi connectivity index (χ4n) is 7.00. The van der Waals surface area contributed by atoms with Crippen molar-refractivity contribution in [2.24, 2.45) is 11.3 Å². The number of hydrogen-bond acceptors (Lipinski definition) is 6. The van der Waals surface area contributed by atoms with Gasteiger partial charge in [0.2, 0.25) is 5.91 Å². The van der Waals surface area contributed by atoms with Crippen LogP contribution < -0.4 is 16.0 Å². The molecule has 4 saturated carbocycles. The Balaban J connectivity index is 1.03. The van der Waals surface area contributed by atoms with E-state index in [1.54, 1.807) is 0 Å². The molecule has 152 valence electrons. The summed E-state index contributed by atoms with van der Waals surface area (Å²) in [7, 11) is 0. The molecular weight excluding hydrogens is 370 g/mol. The Morgan fingerprint density at radius 1 is 1.14 bits per heavy atom. The average Bonchev–Trinajstić information content (AvgIpc) is 3.25. The molecular formula is C21H31N5OS. The van der Waals surface area contributed by atoms with E-state index in [1.807, 2.05) is 11.8 Å². The zero-order chi connectivity index (χ0) is 18.9. The Morgan fingerprint density at radius 2 is 1.96 bits per heavy atom. The van der Waals surface area contributed by atoms with Crippen LogP contribution in [0.2, 0.25) is 0 Å². The molecule has 7 heteroatoms. The summed E-state index contributed by atoms with van der Waals surface area (Å²) in [6.45, 7) is 1.76. The third kappa shape index (κ3) is 2.75. The second-order valence-corrected chi connectivity index (χ2v) is 11.7. The molecule has 7 fully saturated rings. The first kappa shape index (κ1) is 18.0. The second kappa shape index (κ2) is 6.34. The minimum absolute atomic E-state index is 0.00227. The van der Waals surface area contributed by atoms with Crippen LogP contribution in [0.25, 0.3) is 0 Å². The highest BCUT2D eigenvalue weighted by Crippen LogP contribution is 2.67. The number of amides is 1. The predicted molar refractivity (Wildman–Crippen MR) is 108 cm³/mol. The number of carbonyl (C=O) groups excluding carboxylic acids is 1. The zero-order valence-corrected chi connectivity index (χ0v) is 17.3. The number of nitrogens with zero attached hydrogens (tertiary/aromatic N) is 2. The Morgan fingerprint density at radius 3 is 2.75 bits per heavy atom. The lowest BCUT2D eigenvalue weighted by atomic mass is 9.40. The lowest BCUT2D eigenvalue weighted by Crippen LogP contribution is -2.75. The van der Waals surface area contributed by atoms with E-state index in [4.69, 9.17) is 0 Å². The number of piperidine rings is 1. The normalized spacial score (nSPS) is 51.5. The van der Waals surface area contributed by atoms with E-state index in [0.29, 0.717) is 23.2 Å². The number of nitrogens with one attached hydrogen (secondary N) is 3. The van der Waals surface area contributed by atoms with Crippen molar-refractivity contribution in [3.05, 3.63) is 0 Å². The minimum atomic E-state index is -0.00227. The highest BCUT2D eigenvalue weighted by Gasteiger charge is 2.69. The summed E-state index contributed by atoms with van der Waals surface area (Å²) in [6.07, 6.45) is 10.4. The van der Waals surface area contributed by atoms with Crippen LogP contribution >= 0.6 is 11.8 Å². The first-order valence-electron chi connectivity index (χ1n) is 11.2. The molecule has 4 aliphatic carbocycles. The van der Waals surface area contributed by atoms with E-state index < -0.39 is 0 Å². The number of carbonyl (C=O) groups is 1. The fourth-order valence-corrected chi connectivity index (χ4v) is 8.59. The Labute approximate surface area is 171 Å². The van der Waals surface area contributed by atoms with Crippen molar-refractivity contribution in [2.45, 2.75) is 92.2 Å². The number of hydrogen-bond donors (Lipinski definition) is 3. The number of thioether (sulfide) groups is 1. The van der Waals surface area contributed by atoms with Crippen LogP contribution in [0.1, 0.15) is 57.8 Å². The Bertz CT molecular complexity index is 688. The Kier molecular flexibility index (Phi) is 4.08. The number of fused-ring (bicyclic) bond motifs is 2. The van der Waals surface area contributed by atoms with Crippen molar-refractivity contribution in [1.82, 2.24) is 20.9 Å². The van der Waals surface area contributed by atoms with Crippen LogP contribution in [0.3, 0.4) is 0 Å². The minimum Gasteiger partial charge on any atom is -0.340 e. The average molecular weight is 402 g/mol. The summed E-state index contributed by atoms with van der Waals surface area (Å²) in [5, 5.41) is 20.9. The van der Waals surface area contributed by atoms with Gasteiger partial charge in [0.05, 0.1) is 17.5 Å². The lowest BCUT2D eigenvalue weighted by Gasteiger charge is -2.67. The molecule has 7 aliphatic rings. The molecule has 2 bridgehead atoms. The first-order valence-corrected chi connectivity index (χ1v) is 12.2. The van der Waals surface area contributed by atoms with Gasteiger partial charge >= 0.3 is 0 Å².